The van der Waals surface area contributed by atoms with Crippen molar-refractivity contribution in [3.8, 4) is 0 Å². The van der Waals surface area contributed by atoms with Crippen LogP contribution in [0.4, 0.5) is 0 Å². The van der Waals surface area contributed by atoms with Crippen molar-refractivity contribution in [2.45, 2.75) is 77.2 Å². The minimum atomic E-state index is -0.0898. The fourth-order valence-electron chi connectivity index (χ4n) is 1.95. The monoisotopic (exact) mass is 229 g/mol. The first-order valence-electron chi connectivity index (χ1n) is 6.96. The molecule has 0 aromatic rings. The van der Waals surface area contributed by atoms with Crippen molar-refractivity contribution in [2.24, 2.45) is 0 Å². The van der Waals surface area contributed by atoms with Gasteiger partial charge in [0.15, 0.2) is 0 Å². The lowest BCUT2D eigenvalue weighted by atomic mass is 10.1. The summed E-state index contributed by atoms with van der Waals surface area (Å²) in [7, 11) is 1.64. The van der Waals surface area contributed by atoms with Crippen LogP contribution < -0.4 is 0 Å². The highest BCUT2D eigenvalue weighted by atomic mass is 16.5. The van der Waals surface area contributed by atoms with Gasteiger partial charge in [0, 0.05) is 7.11 Å². The maximum Gasteiger partial charge on any atom is 0.108 e. The maximum atomic E-state index is 10.6. The highest BCUT2D eigenvalue weighted by molar-refractivity contribution is 4.55. The van der Waals surface area contributed by atoms with Gasteiger partial charge in [-0.15, -0.1) is 0 Å². The van der Waals surface area contributed by atoms with Crippen LogP contribution in [0.3, 0.4) is 0 Å². The average Bonchev–Trinajstić information content (AvgIpc) is 2.32. The Morgan fingerprint density at radius 3 is 1.81 bits per heavy atom. The second kappa shape index (κ2) is 13.0. The molecule has 0 aromatic carbocycles. The first-order valence-corrected chi connectivity index (χ1v) is 6.96. The number of hydrogen-bond acceptors (Lipinski definition) is 1. The topological polar surface area (TPSA) is 29.1 Å². The van der Waals surface area contributed by atoms with Crippen LogP contribution in [0.25, 0.3) is 0 Å². The third kappa shape index (κ3) is 10.4. The molecule has 0 amide bonds. The van der Waals surface area contributed by atoms with Crippen molar-refractivity contribution < 1.29 is 9.84 Å². The molecule has 0 saturated carbocycles. The second-order valence-corrected chi connectivity index (χ2v) is 4.64. The van der Waals surface area contributed by atoms with Crippen molar-refractivity contribution in [1.82, 2.24) is 0 Å². The van der Waals surface area contributed by atoms with Crippen LogP contribution in [0.15, 0.2) is 0 Å². The normalized spacial score (nSPS) is 12.9. The van der Waals surface area contributed by atoms with E-state index in [-0.39, 0.29) is 12.7 Å². The Hall–Kier alpha value is -0.0800. The second-order valence-electron chi connectivity index (χ2n) is 4.64. The minimum absolute atomic E-state index is 0.0513. The molecule has 97 valence electrons. The summed E-state index contributed by atoms with van der Waals surface area (Å²) in [6.07, 6.45) is 12.9. The highest BCUT2D eigenvalue weighted by Gasteiger charge is 2.04. The molecule has 0 aliphatic heterocycles. The van der Waals surface area contributed by atoms with Crippen molar-refractivity contribution in [1.29, 1.82) is 0 Å². The van der Waals surface area contributed by atoms with Crippen molar-refractivity contribution in [3.63, 3.8) is 0 Å². The number of methoxy groups -OCH3 is 1. The zero-order valence-electron chi connectivity index (χ0n) is 11.2. The van der Waals surface area contributed by atoms with E-state index in [1.54, 1.807) is 7.11 Å². The van der Waals surface area contributed by atoms with Gasteiger partial charge in [-0.1, -0.05) is 64.7 Å². The quantitative estimate of drug-likeness (QED) is 0.457. The fraction of sp³-hybridized carbons (Fsp3) is 1.00. The van der Waals surface area contributed by atoms with E-state index >= 15 is 0 Å². The van der Waals surface area contributed by atoms with Crippen LogP contribution in [-0.2, 0) is 9.84 Å². The lowest BCUT2D eigenvalue weighted by molar-refractivity contribution is 0.0143. The molecule has 0 aliphatic carbocycles. The summed E-state index contributed by atoms with van der Waals surface area (Å²) in [5.41, 5.74) is 0. The van der Waals surface area contributed by atoms with Gasteiger partial charge >= 0.3 is 0 Å². The zero-order valence-corrected chi connectivity index (χ0v) is 11.2. The Labute approximate surface area is 101 Å². The smallest absolute Gasteiger partial charge is 0.108 e. The van der Waals surface area contributed by atoms with Gasteiger partial charge in [0.2, 0.25) is 0 Å². The Balaban J connectivity index is 3.03. The maximum absolute atomic E-state index is 10.6. The lowest BCUT2D eigenvalue weighted by Crippen LogP contribution is -2.14. The van der Waals surface area contributed by atoms with Crippen LogP contribution >= 0.6 is 0 Å². The minimum Gasteiger partial charge on any atom is -0.379 e. The summed E-state index contributed by atoms with van der Waals surface area (Å²) >= 11 is 0. The molecule has 0 fully saturated rings. The molecular formula is C14H29O2. The van der Waals surface area contributed by atoms with Gasteiger partial charge < -0.3 is 4.74 Å². The summed E-state index contributed by atoms with van der Waals surface area (Å²) in [5, 5.41) is 10.6. The standard InChI is InChI=1S/C14H29O2/c1-3-4-5-6-7-8-9-10-11-12-14(13-15)16-2/h14H,3-13H2,1-2H3. The van der Waals surface area contributed by atoms with Crippen LogP contribution in [0.5, 0.6) is 0 Å². The predicted molar refractivity (Wildman–Crippen MR) is 68.2 cm³/mol. The molecule has 0 saturated heterocycles. The predicted octanol–water partition coefficient (Wildman–Crippen LogP) is 4.35. The zero-order chi connectivity index (χ0) is 12.1. The molecule has 1 unspecified atom stereocenters. The number of ether oxygens (including phenoxy) is 1. The molecule has 0 N–H and O–H groups in total. The van der Waals surface area contributed by atoms with Gasteiger partial charge in [0.25, 0.3) is 0 Å². The Kier molecular flexibility index (Phi) is 12.9. The van der Waals surface area contributed by atoms with Gasteiger partial charge in [-0.05, 0) is 6.42 Å². The van der Waals surface area contributed by atoms with Gasteiger partial charge in [0.1, 0.15) is 6.61 Å². The average molecular weight is 229 g/mol. The lowest BCUT2D eigenvalue weighted by Gasteiger charge is -2.10. The van der Waals surface area contributed by atoms with Gasteiger partial charge in [-0.3, -0.25) is 0 Å². The molecule has 2 heteroatoms. The van der Waals surface area contributed by atoms with E-state index < -0.39 is 0 Å². The molecule has 1 atom stereocenters. The van der Waals surface area contributed by atoms with Crippen LogP contribution in [-0.4, -0.2) is 19.8 Å². The van der Waals surface area contributed by atoms with Gasteiger partial charge in [-0.25, -0.2) is 5.11 Å². The van der Waals surface area contributed by atoms with E-state index in [0.29, 0.717) is 0 Å². The molecule has 0 rings (SSSR count). The SMILES string of the molecule is CCCCCCCCCCCC(C[O])OC. The Bertz CT molecular complexity index is 122. The number of rotatable bonds is 12. The molecule has 0 aliphatic rings. The first kappa shape index (κ1) is 15.9. The van der Waals surface area contributed by atoms with E-state index in [1.807, 2.05) is 0 Å². The van der Waals surface area contributed by atoms with Crippen LogP contribution in [0, 0.1) is 0 Å². The van der Waals surface area contributed by atoms with Crippen LogP contribution in [0.1, 0.15) is 71.1 Å². The number of hydrogen-bond donors (Lipinski definition) is 0. The Morgan fingerprint density at radius 1 is 0.875 bits per heavy atom. The summed E-state index contributed by atoms with van der Waals surface area (Å²) < 4.78 is 5.06. The van der Waals surface area contributed by atoms with Gasteiger partial charge in [0.05, 0.1) is 6.10 Å². The van der Waals surface area contributed by atoms with Crippen molar-refractivity contribution in [2.75, 3.05) is 13.7 Å². The third-order valence-electron chi connectivity index (χ3n) is 3.15. The number of unbranched alkanes of at least 4 members (excludes halogenated alkanes) is 8. The first-order chi connectivity index (χ1) is 7.85. The largest absolute Gasteiger partial charge is 0.379 e. The summed E-state index contributed by atoms with van der Waals surface area (Å²) in [4.78, 5) is 0. The third-order valence-corrected chi connectivity index (χ3v) is 3.15. The molecule has 2 nitrogen and oxygen atoms in total. The fourth-order valence-corrected chi connectivity index (χ4v) is 1.95. The molecule has 0 bridgehead atoms. The van der Waals surface area contributed by atoms with Gasteiger partial charge in [-0.2, -0.15) is 0 Å². The van der Waals surface area contributed by atoms with Crippen molar-refractivity contribution >= 4 is 0 Å². The molecule has 0 aromatic heterocycles. The molecule has 1 radical (unpaired) electrons. The highest BCUT2D eigenvalue weighted by Crippen LogP contribution is 2.11. The summed E-state index contributed by atoms with van der Waals surface area (Å²) in [6.45, 7) is 2.16. The Morgan fingerprint density at radius 2 is 1.38 bits per heavy atom. The van der Waals surface area contributed by atoms with E-state index in [1.165, 1.54) is 51.4 Å². The molecule has 16 heavy (non-hydrogen) atoms. The van der Waals surface area contributed by atoms with E-state index in [0.717, 1.165) is 12.8 Å². The van der Waals surface area contributed by atoms with Crippen LogP contribution in [0.2, 0.25) is 0 Å². The summed E-state index contributed by atoms with van der Waals surface area (Å²) in [5.74, 6) is 0. The molecule has 0 spiro atoms. The van der Waals surface area contributed by atoms with E-state index in [4.69, 9.17) is 4.74 Å². The van der Waals surface area contributed by atoms with E-state index in [2.05, 4.69) is 6.92 Å². The molecular weight excluding hydrogens is 200 g/mol. The summed E-state index contributed by atoms with van der Waals surface area (Å²) in [6, 6.07) is 0. The van der Waals surface area contributed by atoms with Crippen molar-refractivity contribution in [3.05, 3.63) is 0 Å². The van der Waals surface area contributed by atoms with E-state index in [9.17, 15) is 5.11 Å². The molecule has 0 heterocycles.